The van der Waals surface area contributed by atoms with Gasteiger partial charge in [0.05, 0.1) is 30.0 Å². The number of nitrogens with zero attached hydrogens (tertiary/aromatic N) is 2. The molecule has 1 aromatic carbocycles. The first-order chi connectivity index (χ1) is 14.5. The average Bonchev–Trinajstić information content (AvgIpc) is 3.14. The van der Waals surface area contributed by atoms with E-state index in [1.165, 1.54) is 0 Å². The number of nitrogens with one attached hydrogen (secondary N) is 1. The van der Waals surface area contributed by atoms with Gasteiger partial charge in [-0.15, -0.1) is 11.3 Å². The first kappa shape index (κ1) is 22.6. The third-order valence-corrected chi connectivity index (χ3v) is 6.26. The Morgan fingerprint density at radius 3 is 2.57 bits per heavy atom. The molecule has 0 bridgehead atoms. The number of thiazole rings is 1. The van der Waals surface area contributed by atoms with Crippen molar-refractivity contribution in [1.82, 2.24) is 15.2 Å². The molecule has 0 spiro atoms. The molecule has 2 aromatic rings. The van der Waals surface area contributed by atoms with Gasteiger partial charge in [-0.1, -0.05) is 6.07 Å². The molecule has 1 unspecified atom stereocenters. The van der Waals surface area contributed by atoms with E-state index in [-0.39, 0.29) is 17.9 Å². The zero-order valence-electron chi connectivity index (χ0n) is 18.4. The predicted octanol–water partition coefficient (Wildman–Crippen LogP) is 4.34. The quantitative estimate of drug-likeness (QED) is 0.640. The summed E-state index contributed by atoms with van der Waals surface area (Å²) in [7, 11) is 0. The molecule has 30 heavy (non-hydrogen) atoms. The first-order valence-electron chi connectivity index (χ1n) is 10.8. The van der Waals surface area contributed by atoms with Crippen LogP contribution in [0, 0.1) is 12.8 Å². The molecule has 3 rings (SSSR count). The highest BCUT2D eigenvalue weighted by Gasteiger charge is 2.26. The Kier molecular flexibility index (Phi) is 8.10. The standard InChI is InChI=1S/C23H33N3O3S/c1-5-28-21-8-7-19(13-22(21)29-6-2)16(3)24-23(27)18-9-11-26(12-10-18)14-20-15-30-17(4)25-20/h7-8,13,15-16,18H,5-6,9-12,14H2,1-4H3,(H,24,27). The second-order valence-corrected chi connectivity index (χ2v) is 8.77. The molecule has 1 fully saturated rings. The third kappa shape index (κ3) is 5.95. The largest absolute Gasteiger partial charge is 0.490 e. The maximum Gasteiger partial charge on any atom is 0.223 e. The van der Waals surface area contributed by atoms with Crippen molar-refractivity contribution in [1.29, 1.82) is 0 Å². The van der Waals surface area contributed by atoms with Crippen molar-refractivity contribution in [2.24, 2.45) is 5.92 Å². The Labute approximate surface area is 183 Å². The Morgan fingerprint density at radius 2 is 1.93 bits per heavy atom. The number of amides is 1. The van der Waals surface area contributed by atoms with E-state index in [1.54, 1.807) is 11.3 Å². The maximum absolute atomic E-state index is 12.8. The SMILES string of the molecule is CCOc1ccc(C(C)NC(=O)C2CCN(Cc3csc(C)n3)CC2)cc1OCC. The van der Waals surface area contributed by atoms with Gasteiger partial charge in [0.2, 0.25) is 5.91 Å². The van der Waals surface area contributed by atoms with Gasteiger partial charge in [0.25, 0.3) is 0 Å². The summed E-state index contributed by atoms with van der Waals surface area (Å²) in [5, 5.41) is 6.42. The molecule has 0 radical (unpaired) electrons. The monoisotopic (exact) mass is 431 g/mol. The minimum atomic E-state index is -0.0802. The summed E-state index contributed by atoms with van der Waals surface area (Å²) in [6, 6.07) is 5.81. The Hall–Kier alpha value is -2.12. The summed E-state index contributed by atoms with van der Waals surface area (Å²) < 4.78 is 11.3. The van der Waals surface area contributed by atoms with Gasteiger partial charge < -0.3 is 14.8 Å². The number of aromatic nitrogens is 1. The molecule has 1 aliphatic rings. The van der Waals surface area contributed by atoms with E-state index in [2.05, 4.69) is 20.6 Å². The molecule has 7 heteroatoms. The van der Waals surface area contributed by atoms with Gasteiger partial charge >= 0.3 is 0 Å². The van der Waals surface area contributed by atoms with Gasteiger partial charge in [-0.25, -0.2) is 4.98 Å². The van der Waals surface area contributed by atoms with Crippen molar-refractivity contribution in [2.75, 3.05) is 26.3 Å². The van der Waals surface area contributed by atoms with Crippen molar-refractivity contribution in [3.63, 3.8) is 0 Å². The van der Waals surface area contributed by atoms with E-state index in [0.29, 0.717) is 13.2 Å². The number of carbonyl (C=O) groups excluding carboxylic acids is 1. The molecule has 1 amide bonds. The number of piperidine rings is 1. The van der Waals surface area contributed by atoms with Crippen molar-refractivity contribution >= 4 is 17.2 Å². The van der Waals surface area contributed by atoms with Gasteiger partial charge in [-0.3, -0.25) is 9.69 Å². The lowest BCUT2D eigenvalue weighted by Gasteiger charge is -2.31. The summed E-state index contributed by atoms with van der Waals surface area (Å²) in [6.45, 7) is 11.9. The average molecular weight is 432 g/mol. The molecular weight excluding hydrogens is 398 g/mol. The number of aryl methyl sites for hydroxylation is 1. The highest BCUT2D eigenvalue weighted by molar-refractivity contribution is 7.09. The Bertz CT molecular complexity index is 831. The fourth-order valence-electron chi connectivity index (χ4n) is 3.81. The second-order valence-electron chi connectivity index (χ2n) is 7.71. The number of ether oxygens (including phenoxy) is 2. The van der Waals surface area contributed by atoms with Crippen LogP contribution in [-0.2, 0) is 11.3 Å². The van der Waals surface area contributed by atoms with E-state index < -0.39 is 0 Å². The summed E-state index contributed by atoms with van der Waals surface area (Å²) in [5.74, 6) is 1.67. The van der Waals surface area contributed by atoms with E-state index in [4.69, 9.17) is 9.47 Å². The lowest BCUT2D eigenvalue weighted by molar-refractivity contribution is -0.127. The second kappa shape index (κ2) is 10.8. The molecule has 1 N–H and O–H groups in total. The van der Waals surface area contributed by atoms with Crippen molar-refractivity contribution in [3.05, 3.63) is 39.8 Å². The fourth-order valence-corrected chi connectivity index (χ4v) is 4.42. The Balaban J connectivity index is 1.52. The van der Waals surface area contributed by atoms with Crippen LogP contribution in [0.3, 0.4) is 0 Å². The van der Waals surface area contributed by atoms with Crippen molar-refractivity contribution in [2.45, 2.75) is 53.1 Å². The molecule has 1 atom stereocenters. The van der Waals surface area contributed by atoms with Gasteiger partial charge in [0.15, 0.2) is 11.5 Å². The molecule has 1 aliphatic heterocycles. The summed E-state index contributed by atoms with van der Waals surface area (Å²) in [6.07, 6.45) is 1.77. The van der Waals surface area contributed by atoms with Crippen LogP contribution in [0.25, 0.3) is 0 Å². The predicted molar refractivity (Wildman–Crippen MR) is 120 cm³/mol. The van der Waals surface area contributed by atoms with Gasteiger partial charge in [-0.2, -0.15) is 0 Å². The van der Waals surface area contributed by atoms with E-state index in [9.17, 15) is 4.79 Å². The molecule has 164 valence electrons. The number of hydrogen-bond acceptors (Lipinski definition) is 6. The molecule has 0 aliphatic carbocycles. The smallest absolute Gasteiger partial charge is 0.223 e. The van der Waals surface area contributed by atoms with E-state index in [1.807, 2.05) is 45.9 Å². The lowest BCUT2D eigenvalue weighted by Crippen LogP contribution is -2.40. The molecular formula is C23H33N3O3S. The molecule has 2 heterocycles. The first-order valence-corrected chi connectivity index (χ1v) is 11.7. The van der Waals surface area contributed by atoms with Crippen LogP contribution < -0.4 is 14.8 Å². The number of carbonyl (C=O) groups is 1. The summed E-state index contributed by atoms with van der Waals surface area (Å²) in [4.78, 5) is 19.8. The minimum Gasteiger partial charge on any atom is -0.490 e. The number of likely N-dealkylation sites (tertiary alicyclic amines) is 1. The van der Waals surface area contributed by atoms with Crippen LogP contribution in [0.2, 0.25) is 0 Å². The van der Waals surface area contributed by atoms with Crippen LogP contribution in [0.5, 0.6) is 11.5 Å². The van der Waals surface area contributed by atoms with Crippen LogP contribution in [0.15, 0.2) is 23.6 Å². The molecule has 6 nitrogen and oxygen atoms in total. The number of benzene rings is 1. The summed E-state index contributed by atoms with van der Waals surface area (Å²) >= 11 is 1.69. The highest BCUT2D eigenvalue weighted by Crippen LogP contribution is 2.31. The Morgan fingerprint density at radius 1 is 1.23 bits per heavy atom. The highest BCUT2D eigenvalue weighted by atomic mass is 32.1. The number of rotatable bonds is 9. The minimum absolute atomic E-state index is 0.0648. The van der Waals surface area contributed by atoms with Crippen LogP contribution in [0.1, 0.15) is 55.9 Å². The third-order valence-electron chi connectivity index (χ3n) is 5.44. The lowest BCUT2D eigenvalue weighted by atomic mass is 9.95. The zero-order valence-corrected chi connectivity index (χ0v) is 19.3. The van der Waals surface area contributed by atoms with Crippen molar-refractivity contribution in [3.8, 4) is 11.5 Å². The molecule has 1 aromatic heterocycles. The number of hydrogen-bond donors (Lipinski definition) is 1. The summed E-state index contributed by atoms with van der Waals surface area (Å²) in [5.41, 5.74) is 2.15. The van der Waals surface area contributed by atoms with Gasteiger partial charge in [0.1, 0.15) is 0 Å². The van der Waals surface area contributed by atoms with Crippen LogP contribution in [0.4, 0.5) is 0 Å². The van der Waals surface area contributed by atoms with Gasteiger partial charge in [-0.05, 0) is 71.3 Å². The maximum atomic E-state index is 12.8. The normalized spacial score (nSPS) is 16.3. The zero-order chi connectivity index (χ0) is 21.5. The van der Waals surface area contributed by atoms with Crippen molar-refractivity contribution < 1.29 is 14.3 Å². The molecule has 1 saturated heterocycles. The van der Waals surface area contributed by atoms with Crippen LogP contribution >= 0.6 is 11.3 Å². The van der Waals surface area contributed by atoms with Gasteiger partial charge in [0, 0.05) is 17.8 Å². The van der Waals surface area contributed by atoms with E-state index in [0.717, 1.165) is 60.2 Å². The van der Waals surface area contributed by atoms with Crippen LogP contribution in [-0.4, -0.2) is 42.1 Å². The topological polar surface area (TPSA) is 63.7 Å². The van der Waals surface area contributed by atoms with E-state index >= 15 is 0 Å². The fraction of sp³-hybridized carbons (Fsp3) is 0.565. The molecule has 0 saturated carbocycles.